The van der Waals surface area contributed by atoms with Gasteiger partial charge in [-0.05, 0) is 29.7 Å². The Morgan fingerprint density at radius 1 is 1.12 bits per heavy atom. The van der Waals surface area contributed by atoms with Crippen LogP contribution in [0.5, 0.6) is 0 Å². The van der Waals surface area contributed by atoms with Gasteiger partial charge in [-0.2, -0.15) is 0 Å². The van der Waals surface area contributed by atoms with Crippen molar-refractivity contribution in [1.82, 2.24) is 25.0 Å². The molecule has 2 N–H and O–H groups in total. The molecule has 0 aliphatic carbocycles. The zero-order chi connectivity index (χ0) is 18.5. The molecule has 0 radical (unpaired) electrons. The van der Waals surface area contributed by atoms with Gasteiger partial charge in [0.2, 0.25) is 5.82 Å². The van der Waals surface area contributed by atoms with Gasteiger partial charge in [0, 0.05) is 31.7 Å². The van der Waals surface area contributed by atoms with Crippen molar-refractivity contribution in [3.63, 3.8) is 0 Å². The lowest BCUT2D eigenvalue weighted by molar-refractivity contribution is 0.0938. The van der Waals surface area contributed by atoms with Crippen molar-refractivity contribution in [2.75, 3.05) is 6.54 Å². The highest BCUT2D eigenvalue weighted by molar-refractivity contribution is 6.02. The van der Waals surface area contributed by atoms with Gasteiger partial charge in [-0.1, -0.05) is 26.0 Å². The minimum Gasteiger partial charge on any atom is -0.349 e. The molecule has 26 heavy (non-hydrogen) atoms. The summed E-state index contributed by atoms with van der Waals surface area (Å²) in [5.74, 6) is -0.105. The summed E-state index contributed by atoms with van der Waals surface area (Å²) < 4.78 is 1.63. The summed E-state index contributed by atoms with van der Waals surface area (Å²) in [5.41, 5.74) is 1.70. The van der Waals surface area contributed by atoms with E-state index in [0.29, 0.717) is 24.5 Å². The first kappa shape index (κ1) is 17.6. The maximum absolute atomic E-state index is 12.6. The smallest absolute Gasteiger partial charge is 0.287 e. The maximum atomic E-state index is 12.6. The van der Waals surface area contributed by atoms with Gasteiger partial charge >= 0.3 is 0 Å². The molecule has 0 spiro atoms. The zero-order valence-corrected chi connectivity index (χ0v) is 14.8. The first-order valence-corrected chi connectivity index (χ1v) is 8.48. The summed E-state index contributed by atoms with van der Waals surface area (Å²) >= 11 is 0. The zero-order valence-electron chi connectivity index (χ0n) is 14.8. The van der Waals surface area contributed by atoms with Crippen molar-refractivity contribution in [1.29, 1.82) is 0 Å². The fourth-order valence-electron chi connectivity index (χ4n) is 2.51. The highest BCUT2D eigenvalue weighted by Crippen LogP contribution is 2.13. The van der Waals surface area contributed by atoms with Gasteiger partial charge < -0.3 is 10.6 Å². The number of nitrogens with one attached hydrogen (secondary N) is 2. The summed E-state index contributed by atoms with van der Waals surface area (Å²) in [4.78, 5) is 33.4. The Labute approximate surface area is 151 Å². The topological polar surface area (TPSA) is 88.4 Å². The van der Waals surface area contributed by atoms with Crippen LogP contribution in [0, 0.1) is 5.92 Å². The molecule has 0 unspecified atom stereocenters. The van der Waals surface area contributed by atoms with Gasteiger partial charge in [-0.3, -0.25) is 19.0 Å². The highest BCUT2D eigenvalue weighted by atomic mass is 16.2. The van der Waals surface area contributed by atoms with Gasteiger partial charge in [0.15, 0.2) is 5.69 Å². The van der Waals surface area contributed by atoms with E-state index in [1.807, 2.05) is 32.0 Å². The van der Waals surface area contributed by atoms with Crippen LogP contribution in [0.1, 0.15) is 40.5 Å². The molecule has 3 aromatic heterocycles. The fraction of sp³-hybridized carbons (Fsp3) is 0.263. The van der Waals surface area contributed by atoms with Crippen LogP contribution in [0.2, 0.25) is 0 Å². The SMILES string of the molecule is CC(C)CNC(=O)c1nc(C(=O)NCc2cccnc2)c2ccccn12. The van der Waals surface area contributed by atoms with Crippen LogP contribution in [-0.2, 0) is 6.54 Å². The van der Waals surface area contributed by atoms with Gasteiger partial charge in [0.05, 0.1) is 5.52 Å². The first-order chi connectivity index (χ1) is 12.6. The number of carbonyl (C=O) groups is 2. The number of nitrogens with zero attached hydrogens (tertiary/aromatic N) is 3. The highest BCUT2D eigenvalue weighted by Gasteiger charge is 2.21. The molecule has 0 bridgehead atoms. The Balaban J connectivity index is 1.84. The standard InChI is InChI=1S/C19H21N5O2/c1-13(2)10-21-19(26)17-23-16(15-7-3-4-9-24(15)17)18(25)22-12-14-6-5-8-20-11-14/h3-9,11,13H,10,12H2,1-2H3,(H,21,26)(H,22,25). The van der Waals surface area contributed by atoms with Gasteiger partial charge in [-0.25, -0.2) is 4.98 Å². The van der Waals surface area contributed by atoms with Gasteiger partial charge in [-0.15, -0.1) is 0 Å². The van der Waals surface area contributed by atoms with Crippen molar-refractivity contribution in [3.05, 3.63) is 66.0 Å². The molecule has 3 aromatic rings. The number of imidazole rings is 1. The Morgan fingerprint density at radius 3 is 2.69 bits per heavy atom. The predicted octanol–water partition coefficient (Wildman–Crippen LogP) is 2.05. The van der Waals surface area contributed by atoms with Gasteiger partial charge in [0.1, 0.15) is 0 Å². The lowest BCUT2D eigenvalue weighted by atomic mass is 10.2. The van der Waals surface area contributed by atoms with E-state index < -0.39 is 0 Å². The van der Waals surface area contributed by atoms with E-state index in [9.17, 15) is 9.59 Å². The molecular formula is C19H21N5O2. The second kappa shape index (κ2) is 7.77. The monoisotopic (exact) mass is 351 g/mol. The molecule has 3 rings (SSSR count). The lowest BCUT2D eigenvalue weighted by Crippen LogP contribution is -2.29. The van der Waals surface area contributed by atoms with Crippen LogP contribution in [0.25, 0.3) is 5.52 Å². The minimum atomic E-state index is -0.333. The number of pyridine rings is 2. The molecule has 0 atom stereocenters. The quantitative estimate of drug-likeness (QED) is 0.711. The van der Waals surface area contributed by atoms with E-state index in [-0.39, 0.29) is 23.3 Å². The molecule has 0 saturated heterocycles. The molecule has 0 aromatic carbocycles. The van der Waals surface area contributed by atoms with Crippen LogP contribution in [0.15, 0.2) is 48.9 Å². The van der Waals surface area contributed by atoms with E-state index in [1.54, 1.807) is 35.1 Å². The van der Waals surface area contributed by atoms with Crippen LogP contribution < -0.4 is 10.6 Å². The molecule has 7 heteroatoms. The molecule has 2 amide bonds. The van der Waals surface area contributed by atoms with Crippen LogP contribution in [0.4, 0.5) is 0 Å². The molecule has 0 aliphatic rings. The molecule has 0 fully saturated rings. The summed E-state index contributed by atoms with van der Waals surface area (Å²) in [5, 5.41) is 5.66. The number of rotatable bonds is 6. The maximum Gasteiger partial charge on any atom is 0.287 e. The van der Waals surface area contributed by atoms with Crippen LogP contribution >= 0.6 is 0 Å². The number of aromatic nitrogens is 3. The molecule has 3 heterocycles. The third kappa shape index (κ3) is 3.88. The normalized spacial score (nSPS) is 10.9. The second-order valence-electron chi connectivity index (χ2n) is 6.39. The number of carbonyl (C=O) groups excluding carboxylic acids is 2. The lowest BCUT2D eigenvalue weighted by Gasteiger charge is -2.06. The average Bonchev–Trinajstić information content (AvgIpc) is 3.05. The van der Waals surface area contributed by atoms with Crippen molar-refractivity contribution in [2.24, 2.45) is 5.92 Å². The van der Waals surface area contributed by atoms with E-state index in [0.717, 1.165) is 5.56 Å². The molecule has 134 valence electrons. The summed E-state index contributed by atoms with van der Waals surface area (Å²) in [7, 11) is 0. The van der Waals surface area contributed by atoms with Crippen molar-refractivity contribution >= 4 is 17.3 Å². The largest absolute Gasteiger partial charge is 0.349 e. The second-order valence-corrected chi connectivity index (χ2v) is 6.39. The van der Waals surface area contributed by atoms with Gasteiger partial charge in [0.25, 0.3) is 11.8 Å². The van der Waals surface area contributed by atoms with E-state index in [2.05, 4.69) is 20.6 Å². The molecule has 0 saturated carbocycles. The Kier molecular flexibility index (Phi) is 5.26. The van der Waals surface area contributed by atoms with E-state index in [1.165, 1.54) is 0 Å². The van der Waals surface area contributed by atoms with E-state index in [4.69, 9.17) is 0 Å². The number of amides is 2. The van der Waals surface area contributed by atoms with Crippen molar-refractivity contribution in [2.45, 2.75) is 20.4 Å². The molecule has 7 nitrogen and oxygen atoms in total. The summed E-state index contributed by atoms with van der Waals surface area (Å²) in [6, 6.07) is 9.06. The third-order valence-electron chi connectivity index (χ3n) is 3.81. The van der Waals surface area contributed by atoms with Crippen LogP contribution in [0.3, 0.4) is 0 Å². The molecular weight excluding hydrogens is 330 g/mol. The van der Waals surface area contributed by atoms with Crippen molar-refractivity contribution in [3.8, 4) is 0 Å². The Bertz CT molecular complexity index is 918. The summed E-state index contributed by atoms with van der Waals surface area (Å²) in [6.07, 6.45) is 5.09. The Hall–Kier alpha value is -3.22. The number of fused-ring (bicyclic) bond motifs is 1. The van der Waals surface area contributed by atoms with Crippen molar-refractivity contribution < 1.29 is 9.59 Å². The third-order valence-corrected chi connectivity index (χ3v) is 3.81. The molecule has 0 aliphatic heterocycles. The Morgan fingerprint density at radius 2 is 1.96 bits per heavy atom. The van der Waals surface area contributed by atoms with E-state index >= 15 is 0 Å². The summed E-state index contributed by atoms with van der Waals surface area (Å²) in [6.45, 7) is 4.92. The first-order valence-electron chi connectivity index (χ1n) is 8.48. The number of hydrogen-bond acceptors (Lipinski definition) is 4. The average molecular weight is 351 g/mol. The number of hydrogen-bond donors (Lipinski definition) is 2. The minimum absolute atomic E-state index is 0.202. The predicted molar refractivity (Wildman–Crippen MR) is 97.8 cm³/mol. The van der Waals surface area contributed by atoms with Crippen LogP contribution in [-0.4, -0.2) is 32.7 Å². The fourth-order valence-corrected chi connectivity index (χ4v) is 2.51.